The first-order valence-electron chi connectivity index (χ1n) is 9.42. The summed E-state index contributed by atoms with van der Waals surface area (Å²) in [5.74, 6) is 0.0455. The van der Waals surface area contributed by atoms with Crippen molar-refractivity contribution in [3.8, 4) is 17.0 Å². The number of hydrogen-bond donors (Lipinski definition) is 1. The lowest BCUT2D eigenvalue weighted by molar-refractivity contribution is -0.123. The first-order chi connectivity index (χ1) is 14.7. The number of benzene rings is 3. The van der Waals surface area contributed by atoms with Crippen LogP contribution in [0.1, 0.15) is 0 Å². The van der Waals surface area contributed by atoms with Gasteiger partial charge in [0, 0.05) is 22.0 Å². The summed E-state index contributed by atoms with van der Waals surface area (Å²) in [4.78, 5) is 31.2. The average molecular weight is 415 g/mol. The molecule has 148 valence electrons. The fraction of sp³-hybridized carbons (Fsp3) is 0.0870. The molecule has 0 aliphatic carbocycles. The lowest BCUT2D eigenvalue weighted by Gasteiger charge is -2.29. The van der Waals surface area contributed by atoms with Crippen LogP contribution in [0.5, 0.6) is 5.75 Å². The van der Waals surface area contributed by atoms with Crippen molar-refractivity contribution in [3.63, 3.8) is 0 Å². The highest BCUT2D eigenvalue weighted by atomic mass is 32.1. The summed E-state index contributed by atoms with van der Waals surface area (Å²) in [6.45, 7) is -0.191. The number of amides is 2. The SMILES string of the molecule is O=C(CN1C(=O)COc2ccc(-c3cscn3)cc21)Nc1cccc2ccccc12. The highest BCUT2D eigenvalue weighted by molar-refractivity contribution is 7.07. The Morgan fingerprint density at radius 2 is 2.00 bits per heavy atom. The van der Waals surface area contributed by atoms with Gasteiger partial charge in [-0.25, -0.2) is 4.98 Å². The maximum absolute atomic E-state index is 12.8. The minimum atomic E-state index is -0.272. The summed E-state index contributed by atoms with van der Waals surface area (Å²) >= 11 is 1.50. The van der Waals surface area contributed by atoms with Crippen molar-refractivity contribution < 1.29 is 14.3 Å². The van der Waals surface area contributed by atoms with Crippen molar-refractivity contribution in [2.45, 2.75) is 0 Å². The Hall–Kier alpha value is -3.71. The van der Waals surface area contributed by atoms with E-state index >= 15 is 0 Å². The van der Waals surface area contributed by atoms with E-state index in [-0.39, 0.29) is 25.0 Å². The summed E-state index contributed by atoms with van der Waals surface area (Å²) in [6.07, 6.45) is 0. The van der Waals surface area contributed by atoms with Crippen LogP contribution in [0.3, 0.4) is 0 Å². The van der Waals surface area contributed by atoms with Gasteiger partial charge in [0.2, 0.25) is 5.91 Å². The molecular weight excluding hydrogens is 398 g/mol. The summed E-state index contributed by atoms with van der Waals surface area (Å²) < 4.78 is 5.56. The maximum atomic E-state index is 12.8. The van der Waals surface area contributed by atoms with Crippen molar-refractivity contribution in [1.29, 1.82) is 0 Å². The third-order valence-corrected chi connectivity index (χ3v) is 5.58. The van der Waals surface area contributed by atoms with Gasteiger partial charge in [0.15, 0.2) is 6.61 Å². The summed E-state index contributed by atoms with van der Waals surface area (Å²) in [5, 5.41) is 6.87. The van der Waals surface area contributed by atoms with Crippen molar-refractivity contribution >= 4 is 45.3 Å². The number of nitrogens with zero attached hydrogens (tertiary/aromatic N) is 2. The number of carbonyl (C=O) groups excluding carboxylic acids is 2. The van der Waals surface area contributed by atoms with Crippen molar-refractivity contribution in [2.24, 2.45) is 0 Å². The second kappa shape index (κ2) is 7.61. The topological polar surface area (TPSA) is 71.5 Å². The molecule has 0 unspecified atom stereocenters. The van der Waals surface area contributed by atoms with Crippen LogP contribution in [0.25, 0.3) is 22.0 Å². The highest BCUT2D eigenvalue weighted by Gasteiger charge is 2.28. The lowest BCUT2D eigenvalue weighted by Crippen LogP contribution is -2.43. The van der Waals surface area contributed by atoms with Crippen LogP contribution < -0.4 is 15.0 Å². The zero-order valence-electron chi connectivity index (χ0n) is 15.9. The van der Waals surface area contributed by atoms with Crippen LogP contribution in [0.4, 0.5) is 11.4 Å². The second-order valence-corrected chi connectivity index (χ2v) is 7.62. The van der Waals surface area contributed by atoms with Crippen LogP contribution in [0.15, 0.2) is 71.6 Å². The Balaban J connectivity index is 1.42. The van der Waals surface area contributed by atoms with Gasteiger partial charge in [-0.1, -0.05) is 36.4 Å². The van der Waals surface area contributed by atoms with Crippen molar-refractivity contribution in [3.05, 3.63) is 71.6 Å². The van der Waals surface area contributed by atoms with Crippen LogP contribution in [0, 0.1) is 0 Å². The van der Waals surface area contributed by atoms with E-state index < -0.39 is 0 Å². The Labute approximate surface area is 176 Å². The fourth-order valence-electron chi connectivity index (χ4n) is 3.56. The smallest absolute Gasteiger partial charge is 0.265 e. The molecule has 0 saturated carbocycles. The maximum Gasteiger partial charge on any atom is 0.265 e. The van der Waals surface area contributed by atoms with Crippen LogP contribution in [-0.2, 0) is 9.59 Å². The van der Waals surface area contributed by atoms with Crippen molar-refractivity contribution in [2.75, 3.05) is 23.4 Å². The van der Waals surface area contributed by atoms with Gasteiger partial charge in [0.25, 0.3) is 5.91 Å². The Morgan fingerprint density at radius 3 is 2.87 bits per heavy atom. The molecule has 0 radical (unpaired) electrons. The third kappa shape index (κ3) is 3.40. The van der Waals surface area contributed by atoms with E-state index in [1.165, 1.54) is 16.2 Å². The van der Waals surface area contributed by atoms with E-state index in [2.05, 4.69) is 10.3 Å². The molecule has 2 heterocycles. The van der Waals surface area contributed by atoms with Crippen LogP contribution in [-0.4, -0.2) is 29.9 Å². The number of anilines is 2. The number of carbonyl (C=O) groups is 2. The lowest BCUT2D eigenvalue weighted by atomic mass is 10.1. The molecule has 0 fully saturated rings. The molecule has 0 spiro atoms. The van der Waals surface area contributed by atoms with Gasteiger partial charge >= 0.3 is 0 Å². The molecule has 3 aromatic carbocycles. The normalized spacial score (nSPS) is 13.1. The molecule has 30 heavy (non-hydrogen) atoms. The Kier molecular flexibility index (Phi) is 4.65. The standard InChI is InChI=1S/C23H17N3O3S/c27-22(25-18-7-3-5-15-4-1-2-6-17(15)18)11-26-20-10-16(19-13-30-14-24-19)8-9-21(20)29-12-23(26)28/h1-10,13-14H,11-12H2,(H,25,27). The molecule has 0 bridgehead atoms. The molecule has 1 aliphatic rings. The molecule has 1 aliphatic heterocycles. The molecule has 7 heteroatoms. The van der Waals surface area contributed by atoms with Crippen molar-refractivity contribution in [1.82, 2.24) is 4.98 Å². The molecule has 4 aromatic rings. The van der Waals surface area contributed by atoms with E-state index in [9.17, 15) is 9.59 Å². The summed E-state index contributed by atoms with van der Waals surface area (Å²) in [6, 6.07) is 19.1. The molecule has 5 rings (SSSR count). The zero-order chi connectivity index (χ0) is 20.5. The number of nitrogens with one attached hydrogen (secondary N) is 1. The Bertz CT molecular complexity index is 1250. The largest absolute Gasteiger partial charge is 0.482 e. The quantitative estimate of drug-likeness (QED) is 0.539. The predicted molar refractivity (Wildman–Crippen MR) is 118 cm³/mol. The summed E-state index contributed by atoms with van der Waals surface area (Å²) in [7, 11) is 0. The second-order valence-electron chi connectivity index (χ2n) is 6.90. The van der Waals surface area contributed by atoms with E-state index in [4.69, 9.17) is 4.74 Å². The van der Waals surface area contributed by atoms with Gasteiger partial charge in [-0.15, -0.1) is 11.3 Å². The first kappa shape index (κ1) is 18.3. The average Bonchev–Trinajstić information content (AvgIpc) is 3.31. The van der Waals surface area contributed by atoms with E-state index in [0.717, 1.165) is 27.7 Å². The molecule has 1 N–H and O–H groups in total. The number of rotatable bonds is 4. The molecular formula is C23H17N3O3S. The van der Waals surface area contributed by atoms with Gasteiger partial charge in [-0.3, -0.25) is 14.5 Å². The third-order valence-electron chi connectivity index (χ3n) is 5.00. The molecule has 0 saturated heterocycles. The van der Waals surface area contributed by atoms with Gasteiger partial charge in [0.1, 0.15) is 12.3 Å². The number of ether oxygens (including phenoxy) is 1. The Morgan fingerprint density at radius 1 is 1.13 bits per heavy atom. The minimum Gasteiger partial charge on any atom is -0.482 e. The number of aromatic nitrogens is 1. The van der Waals surface area contributed by atoms with Crippen LogP contribution >= 0.6 is 11.3 Å². The number of fused-ring (bicyclic) bond motifs is 2. The molecule has 6 nitrogen and oxygen atoms in total. The van der Waals surface area contributed by atoms with Gasteiger partial charge in [0.05, 0.1) is 16.9 Å². The minimum absolute atomic E-state index is 0.0927. The van der Waals surface area contributed by atoms with E-state index in [0.29, 0.717) is 11.4 Å². The molecule has 2 amide bonds. The van der Waals surface area contributed by atoms with Gasteiger partial charge < -0.3 is 10.1 Å². The number of hydrogen-bond acceptors (Lipinski definition) is 5. The van der Waals surface area contributed by atoms with Gasteiger partial charge in [-0.2, -0.15) is 0 Å². The fourth-order valence-corrected chi connectivity index (χ4v) is 4.12. The monoisotopic (exact) mass is 415 g/mol. The van der Waals surface area contributed by atoms with Crippen LogP contribution in [0.2, 0.25) is 0 Å². The summed E-state index contributed by atoms with van der Waals surface area (Å²) in [5.41, 5.74) is 4.74. The number of thiazole rings is 1. The molecule has 1 aromatic heterocycles. The van der Waals surface area contributed by atoms with E-state index in [1.807, 2.05) is 66.0 Å². The van der Waals surface area contributed by atoms with Gasteiger partial charge in [-0.05, 0) is 29.7 Å². The zero-order valence-corrected chi connectivity index (χ0v) is 16.7. The molecule has 0 atom stereocenters. The first-order valence-corrected chi connectivity index (χ1v) is 10.4. The highest BCUT2D eigenvalue weighted by Crippen LogP contribution is 2.36. The van der Waals surface area contributed by atoms with E-state index in [1.54, 1.807) is 5.51 Å². The predicted octanol–water partition coefficient (Wildman–Crippen LogP) is 4.33.